The van der Waals surface area contributed by atoms with E-state index in [4.69, 9.17) is 32.7 Å². The van der Waals surface area contributed by atoms with Gasteiger partial charge in [0.1, 0.15) is 17.6 Å². The third-order valence-electron chi connectivity index (χ3n) is 7.86. The first kappa shape index (κ1) is 30.6. The fraction of sp³-hybridized carbons (Fsp3) is 0.400. The minimum Gasteiger partial charge on any atom is -0.489 e. The number of carbonyl (C=O) groups excluding carboxylic acids is 1. The number of allylic oxidation sites excluding steroid dienone is 1. The average molecular weight is 611 g/mol. The standard InChI is InChI=1S/C35H38Cl2FNO3/c1-35(2,3)34(40)42-27-12-14-29-23(19-27)7-5-10-31(30-13-11-25(36)21-32(30)37)33(29)24-8-4-9-26(20-24)41-28-15-18-39(22-28)17-6-16-38/h4,8-9,11-14,19-21,28H,5-7,10,15-18,22H2,1-3H3/t28-/m1/s1. The van der Waals surface area contributed by atoms with E-state index in [1.165, 1.54) is 0 Å². The number of carbonyl (C=O) groups is 1. The van der Waals surface area contributed by atoms with Crippen LogP contribution in [0.5, 0.6) is 11.5 Å². The van der Waals surface area contributed by atoms with Gasteiger partial charge in [-0.3, -0.25) is 14.1 Å². The van der Waals surface area contributed by atoms with Gasteiger partial charge in [-0.05, 0) is 123 Å². The molecule has 3 aromatic carbocycles. The second-order valence-electron chi connectivity index (χ2n) is 12.2. The summed E-state index contributed by atoms with van der Waals surface area (Å²) in [6, 6.07) is 19.8. The summed E-state index contributed by atoms with van der Waals surface area (Å²) in [5, 5.41) is 1.21. The van der Waals surface area contributed by atoms with Crippen molar-refractivity contribution in [3.8, 4) is 11.5 Å². The van der Waals surface area contributed by atoms with Crippen LogP contribution in [0.2, 0.25) is 10.0 Å². The highest BCUT2D eigenvalue weighted by atomic mass is 35.5. The Morgan fingerprint density at radius 1 is 1.00 bits per heavy atom. The van der Waals surface area contributed by atoms with Gasteiger partial charge in [-0.1, -0.05) is 47.5 Å². The molecule has 0 unspecified atom stereocenters. The van der Waals surface area contributed by atoms with Crippen molar-refractivity contribution >= 4 is 40.3 Å². The molecule has 1 atom stereocenters. The molecule has 1 fully saturated rings. The Hall–Kier alpha value is -2.86. The van der Waals surface area contributed by atoms with Crippen LogP contribution in [-0.2, 0) is 11.2 Å². The van der Waals surface area contributed by atoms with Crippen LogP contribution in [0, 0.1) is 5.41 Å². The predicted octanol–water partition coefficient (Wildman–Crippen LogP) is 9.05. The van der Waals surface area contributed by atoms with E-state index in [0.29, 0.717) is 22.2 Å². The molecule has 1 heterocycles. The number of likely N-dealkylation sites (tertiary alicyclic amines) is 1. The molecule has 5 rings (SSSR count). The van der Waals surface area contributed by atoms with Gasteiger partial charge in [0.2, 0.25) is 0 Å². The summed E-state index contributed by atoms with van der Waals surface area (Å²) >= 11 is 13.1. The first-order valence-electron chi connectivity index (χ1n) is 14.7. The number of nitrogens with zero attached hydrogens (tertiary/aromatic N) is 1. The minimum absolute atomic E-state index is 0.0699. The van der Waals surface area contributed by atoms with Crippen molar-refractivity contribution in [3.63, 3.8) is 0 Å². The van der Waals surface area contributed by atoms with E-state index in [1.807, 2.05) is 57.2 Å². The number of esters is 1. The van der Waals surface area contributed by atoms with E-state index in [9.17, 15) is 9.18 Å². The summed E-state index contributed by atoms with van der Waals surface area (Å²) in [5.74, 6) is 1.09. The normalized spacial score (nSPS) is 17.6. The summed E-state index contributed by atoms with van der Waals surface area (Å²) in [5.41, 5.74) is 5.82. The zero-order chi connectivity index (χ0) is 29.9. The lowest BCUT2D eigenvalue weighted by molar-refractivity contribution is -0.143. The zero-order valence-corrected chi connectivity index (χ0v) is 26.0. The maximum Gasteiger partial charge on any atom is 0.316 e. The molecule has 0 spiro atoms. The van der Waals surface area contributed by atoms with Crippen molar-refractivity contribution in [3.05, 3.63) is 93.0 Å². The van der Waals surface area contributed by atoms with E-state index < -0.39 is 5.41 Å². The number of halogens is 3. The molecule has 2 aliphatic rings. The van der Waals surface area contributed by atoms with Crippen LogP contribution in [-0.4, -0.2) is 43.3 Å². The molecule has 1 aliphatic heterocycles. The fourth-order valence-electron chi connectivity index (χ4n) is 5.72. The van der Waals surface area contributed by atoms with E-state index in [2.05, 4.69) is 23.1 Å². The van der Waals surface area contributed by atoms with Gasteiger partial charge in [0.15, 0.2) is 0 Å². The third-order valence-corrected chi connectivity index (χ3v) is 8.41. The molecular formula is C35H38Cl2FNO3. The highest BCUT2D eigenvalue weighted by molar-refractivity contribution is 6.36. The van der Waals surface area contributed by atoms with Crippen molar-refractivity contribution in [1.82, 2.24) is 4.90 Å². The molecule has 0 aromatic heterocycles. The summed E-state index contributed by atoms with van der Waals surface area (Å²) in [6.45, 7) is 7.75. The highest BCUT2D eigenvalue weighted by Gasteiger charge is 2.27. The van der Waals surface area contributed by atoms with Crippen LogP contribution in [0.15, 0.2) is 60.7 Å². The van der Waals surface area contributed by atoms with Crippen LogP contribution in [0.25, 0.3) is 11.1 Å². The number of benzene rings is 3. The molecule has 4 nitrogen and oxygen atoms in total. The van der Waals surface area contributed by atoms with Gasteiger partial charge >= 0.3 is 5.97 Å². The first-order valence-corrected chi connectivity index (χ1v) is 15.5. The van der Waals surface area contributed by atoms with E-state index in [-0.39, 0.29) is 18.7 Å². The van der Waals surface area contributed by atoms with Gasteiger partial charge < -0.3 is 9.47 Å². The largest absolute Gasteiger partial charge is 0.489 e. The van der Waals surface area contributed by atoms with Gasteiger partial charge in [-0.2, -0.15) is 0 Å². The van der Waals surface area contributed by atoms with Crippen LogP contribution in [0.3, 0.4) is 0 Å². The van der Waals surface area contributed by atoms with Gasteiger partial charge in [-0.25, -0.2) is 0 Å². The maximum absolute atomic E-state index is 12.7. The molecule has 0 radical (unpaired) electrons. The Morgan fingerprint density at radius 3 is 2.57 bits per heavy atom. The Kier molecular flexibility index (Phi) is 9.61. The molecule has 0 N–H and O–H groups in total. The molecule has 42 heavy (non-hydrogen) atoms. The molecule has 1 saturated heterocycles. The number of hydrogen-bond acceptors (Lipinski definition) is 4. The van der Waals surface area contributed by atoms with Crippen molar-refractivity contribution < 1.29 is 18.7 Å². The Balaban J connectivity index is 1.55. The molecule has 0 bridgehead atoms. The summed E-state index contributed by atoms with van der Waals surface area (Å²) in [6.07, 6.45) is 4.11. The van der Waals surface area contributed by atoms with Crippen LogP contribution < -0.4 is 9.47 Å². The SMILES string of the molecule is CC(C)(C)C(=O)Oc1ccc2c(c1)CCCC(c1ccc(Cl)cc1Cl)=C2c1cccc(O[C@@H]2CCN(CCCF)C2)c1. The monoisotopic (exact) mass is 609 g/mol. The second-order valence-corrected chi connectivity index (χ2v) is 13.0. The number of alkyl halides is 1. The molecule has 3 aromatic rings. The average Bonchev–Trinajstić information content (AvgIpc) is 3.30. The van der Waals surface area contributed by atoms with Gasteiger partial charge in [-0.15, -0.1) is 0 Å². The first-order chi connectivity index (χ1) is 20.1. The smallest absolute Gasteiger partial charge is 0.316 e. The van der Waals surface area contributed by atoms with Crippen LogP contribution in [0.4, 0.5) is 4.39 Å². The van der Waals surface area contributed by atoms with Crippen molar-refractivity contribution in [2.45, 2.75) is 59.0 Å². The topological polar surface area (TPSA) is 38.8 Å². The molecule has 0 saturated carbocycles. The fourth-order valence-corrected chi connectivity index (χ4v) is 6.24. The van der Waals surface area contributed by atoms with Gasteiger partial charge in [0.05, 0.1) is 12.1 Å². The molecule has 0 amide bonds. The number of aryl methyl sites for hydroxylation is 1. The van der Waals surface area contributed by atoms with Crippen LogP contribution in [0.1, 0.15) is 68.7 Å². The summed E-state index contributed by atoms with van der Waals surface area (Å²) in [4.78, 5) is 14.9. The van der Waals surface area contributed by atoms with Crippen molar-refractivity contribution in [1.29, 1.82) is 0 Å². The quantitative estimate of drug-likeness (QED) is 0.189. The lowest BCUT2D eigenvalue weighted by atomic mass is 9.87. The second kappa shape index (κ2) is 13.2. The lowest BCUT2D eigenvalue weighted by Crippen LogP contribution is -2.26. The number of ether oxygens (including phenoxy) is 2. The Morgan fingerprint density at radius 2 is 1.81 bits per heavy atom. The molecular weight excluding hydrogens is 572 g/mol. The number of rotatable bonds is 8. The van der Waals surface area contributed by atoms with Crippen molar-refractivity contribution in [2.24, 2.45) is 5.41 Å². The highest BCUT2D eigenvalue weighted by Crippen LogP contribution is 2.43. The predicted molar refractivity (Wildman–Crippen MR) is 169 cm³/mol. The third kappa shape index (κ3) is 7.19. The maximum atomic E-state index is 12.7. The molecule has 7 heteroatoms. The Bertz CT molecular complexity index is 1480. The van der Waals surface area contributed by atoms with Gasteiger partial charge in [0.25, 0.3) is 0 Å². The van der Waals surface area contributed by atoms with E-state index in [1.54, 1.807) is 6.07 Å². The molecule has 1 aliphatic carbocycles. The number of hydrogen-bond donors (Lipinski definition) is 0. The van der Waals surface area contributed by atoms with E-state index >= 15 is 0 Å². The minimum atomic E-state index is -0.597. The van der Waals surface area contributed by atoms with Crippen molar-refractivity contribution in [2.75, 3.05) is 26.3 Å². The Labute approximate surface area is 258 Å². The lowest BCUT2D eigenvalue weighted by Gasteiger charge is -2.20. The van der Waals surface area contributed by atoms with Gasteiger partial charge in [0, 0.05) is 29.7 Å². The zero-order valence-electron chi connectivity index (χ0n) is 24.5. The van der Waals surface area contributed by atoms with Crippen LogP contribution >= 0.6 is 23.2 Å². The molecule has 222 valence electrons. The summed E-state index contributed by atoms with van der Waals surface area (Å²) in [7, 11) is 0. The van der Waals surface area contributed by atoms with E-state index in [0.717, 1.165) is 84.5 Å². The number of fused-ring (bicyclic) bond motifs is 1. The summed E-state index contributed by atoms with van der Waals surface area (Å²) < 4.78 is 24.9.